The Kier molecular flexibility index (Phi) is 6.81. The molecule has 1 unspecified atom stereocenters. The molecule has 1 atom stereocenters. The Balaban J connectivity index is 1.24. The van der Waals surface area contributed by atoms with Gasteiger partial charge in [-0.1, -0.05) is 60.7 Å². The van der Waals surface area contributed by atoms with Crippen molar-refractivity contribution in [3.8, 4) is 22.5 Å². The minimum atomic E-state index is -0.522. The zero-order valence-corrected chi connectivity index (χ0v) is 20.0. The Morgan fingerprint density at radius 2 is 1.19 bits per heavy atom. The van der Waals surface area contributed by atoms with Gasteiger partial charge in [0.05, 0.1) is 0 Å². The molecule has 2 aromatic heterocycles. The summed E-state index contributed by atoms with van der Waals surface area (Å²) in [6.07, 6.45) is 1.83. The Bertz CT molecular complexity index is 1540. The second-order valence-corrected chi connectivity index (χ2v) is 9.09. The van der Waals surface area contributed by atoms with Crippen molar-refractivity contribution in [1.82, 2.24) is 20.6 Å². The van der Waals surface area contributed by atoms with Gasteiger partial charge in [0.15, 0.2) is 0 Å². The summed E-state index contributed by atoms with van der Waals surface area (Å²) in [6, 6.07) is 24.8. The number of hydrogen-bond acceptors (Lipinski definition) is 4. The number of pyridine rings is 2. The average Bonchev–Trinajstić information content (AvgIpc) is 3.77. The van der Waals surface area contributed by atoms with E-state index in [1.807, 2.05) is 60.7 Å². The van der Waals surface area contributed by atoms with Crippen molar-refractivity contribution in [2.75, 3.05) is 6.54 Å². The SMILES string of the molecule is O=C(NCC(NC(=O)c1ccc(-c2ccccc2)[nH]c1=O)C1CC1)c1ccc(-c2ccccc2)[nH]c1=O. The fraction of sp³-hybridized carbons (Fsp3) is 0.172. The molecule has 1 saturated carbocycles. The number of benzene rings is 2. The van der Waals surface area contributed by atoms with E-state index < -0.39 is 22.9 Å². The summed E-state index contributed by atoms with van der Waals surface area (Å²) in [5, 5.41) is 5.65. The first kappa shape index (κ1) is 24.0. The van der Waals surface area contributed by atoms with E-state index in [9.17, 15) is 19.2 Å². The summed E-state index contributed by atoms with van der Waals surface area (Å²) in [4.78, 5) is 56.3. The number of rotatable bonds is 8. The molecular weight excluding hydrogens is 468 g/mol. The van der Waals surface area contributed by atoms with Gasteiger partial charge < -0.3 is 20.6 Å². The molecule has 0 radical (unpaired) electrons. The van der Waals surface area contributed by atoms with Crippen molar-refractivity contribution < 1.29 is 9.59 Å². The second kappa shape index (κ2) is 10.5. The first-order valence-electron chi connectivity index (χ1n) is 12.2. The van der Waals surface area contributed by atoms with Gasteiger partial charge >= 0.3 is 0 Å². The van der Waals surface area contributed by atoms with E-state index >= 15 is 0 Å². The molecule has 1 aliphatic carbocycles. The van der Waals surface area contributed by atoms with Crippen molar-refractivity contribution >= 4 is 11.8 Å². The normalized spacial score (nSPS) is 13.5. The zero-order chi connectivity index (χ0) is 25.8. The van der Waals surface area contributed by atoms with Crippen molar-refractivity contribution in [1.29, 1.82) is 0 Å². The van der Waals surface area contributed by atoms with Crippen LogP contribution in [0.15, 0.2) is 94.5 Å². The maximum Gasteiger partial charge on any atom is 0.261 e. The Morgan fingerprint density at radius 3 is 1.65 bits per heavy atom. The zero-order valence-electron chi connectivity index (χ0n) is 20.0. The van der Waals surface area contributed by atoms with Crippen LogP contribution in [-0.2, 0) is 0 Å². The summed E-state index contributed by atoms with van der Waals surface area (Å²) in [5.74, 6) is -0.825. The molecule has 8 nitrogen and oxygen atoms in total. The number of aromatic nitrogens is 2. The maximum absolute atomic E-state index is 12.9. The lowest BCUT2D eigenvalue weighted by atomic mass is 10.1. The standard InChI is InChI=1S/C29H26N4O4/c34-26(21-13-15-23(31-27(21)35)18-7-3-1-4-8-18)30-17-25(20-11-12-20)33-29(37)22-14-16-24(32-28(22)36)19-9-5-2-6-10-19/h1-10,13-16,20,25H,11-12,17H2,(H,30,34)(H,31,35)(H,32,36)(H,33,37). The summed E-state index contributed by atoms with van der Waals surface area (Å²) in [5.41, 5.74) is 1.95. The average molecular weight is 495 g/mol. The van der Waals surface area contributed by atoms with Gasteiger partial charge in [0, 0.05) is 24.0 Å². The predicted octanol–water partition coefficient (Wildman–Crippen LogP) is 3.34. The quantitative estimate of drug-likeness (QED) is 0.300. The first-order chi connectivity index (χ1) is 18.0. The third kappa shape index (κ3) is 5.59. The molecule has 8 heteroatoms. The largest absolute Gasteiger partial charge is 0.350 e. The van der Waals surface area contributed by atoms with E-state index in [4.69, 9.17) is 0 Å². The highest BCUT2D eigenvalue weighted by molar-refractivity contribution is 5.95. The Labute approximate surface area is 212 Å². The van der Waals surface area contributed by atoms with Crippen LogP contribution in [0.3, 0.4) is 0 Å². The van der Waals surface area contributed by atoms with Gasteiger partial charge in [0.25, 0.3) is 22.9 Å². The molecule has 0 spiro atoms. The molecule has 2 heterocycles. The van der Waals surface area contributed by atoms with Crippen molar-refractivity contribution in [2.24, 2.45) is 5.92 Å². The minimum absolute atomic E-state index is 0.00426. The lowest BCUT2D eigenvalue weighted by Gasteiger charge is -2.19. The molecule has 37 heavy (non-hydrogen) atoms. The van der Waals surface area contributed by atoms with E-state index in [1.165, 1.54) is 12.1 Å². The van der Waals surface area contributed by atoms with Gasteiger partial charge in [-0.25, -0.2) is 0 Å². The highest BCUT2D eigenvalue weighted by Gasteiger charge is 2.33. The van der Waals surface area contributed by atoms with Crippen molar-refractivity contribution in [3.05, 3.63) is 117 Å². The van der Waals surface area contributed by atoms with Crippen LogP contribution in [0, 0.1) is 5.92 Å². The molecule has 1 fully saturated rings. The predicted molar refractivity (Wildman–Crippen MR) is 141 cm³/mol. The number of carbonyl (C=O) groups is 2. The monoisotopic (exact) mass is 494 g/mol. The fourth-order valence-corrected chi connectivity index (χ4v) is 4.26. The second-order valence-electron chi connectivity index (χ2n) is 9.09. The van der Waals surface area contributed by atoms with E-state index in [0.717, 1.165) is 24.0 Å². The highest BCUT2D eigenvalue weighted by Crippen LogP contribution is 2.32. The number of carbonyl (C=O) groups excluding carboxylic acids is 2. The van der Waals surface area contributed by atoms with E-state index in [-0.39, 0.29) is 29.6 Å². The highest BCUT2D eigenvalue weighted by atomic mass is 16.2. The molecule has 5 rings (SSSR count). The first-order valence-corrected chi connectivity index (χ1v) is 12.2. The lowest BCUT2D eigenvalue weighted by molar-refractivity contribution is 0.0902. The summed E-state index contributed by atoms with van der Waals surface area (Å²) < 4.78 is 0. The van der Waals surface area contributed by atoms with E-state index in [2.05, 4.69) is 20.6 Å². The molecule has 186 valence electrons. The van der Waals surface area contributed by atoms with Gasteiger partial charge in [-0.3, -0.25) is 19.2 Å². The minimum Gasteiger partial charge on any atom is -0.350 e. The number of aromatic amines is 2. The summed E-state index contributed by atoms with van der Waals surface area (Å²) in [7, 11) is 0. The van der Waals surface area contributed by atoms with Crippen LogP contribution in [0.4, 0.5) is 0 Å². The third-order valence-corrected chi connectivity index (χ3v) is 6.47. The Hall–Kier alpha value is -4.72. The molecule has 0 bridgehead atoms. The summed E-state index contributed by atoms with van der Waals surface area (Å²) in [6.45, 7) is 0.148. The number of nitrogens with one attached hydrogen (secondary N) is 4. The third-order valence-electron chi connectivity index (χ3n) is 6.47. The molecule has 4 aromatic rings. The summed E-state index contributed by atoms with van der Waals surface area (Å²) >= 11 is 0. The number of hydrogen-bond donors (Lipinski definition) is 4. The van der Waals surface area contributed by atoms with Gasteiger partial charge in [-0.15, -0.1) is 0 Å². The van der Waals surface area contributed by atoms with Crippen molar-refractivity contribution in [3.63, 3.8) is 0 Å². The van der Waals surface area contributed by atoms with Gasteiger partial charge in [-0.2, -0.15) is 0 Å². The van der Waals surface area contributed by atoms with Crippen LogP contribution < -0.4 is 21.8 Å². The van der Waals surface area contributed by atoms with Crippen LogP contribution in [0.1, 0.15) is 33.6 Å². The van der Waals surface area contributed by atoms with Crippen LogP contribution >= 0.6 is 0 Å². The lowest BCUT2D eigenvalue weighted by Crippen LogP contribution is -2.46. The van der Waals surface area contributed by atoms with Gasteiger partial charge in [0.1, 0.15) is 11.1 Å². The topological polar surface area (TPSA) is 124 Å². The van der Waals surface area contributed by atoms with Crippen LogP contribution in [-0.4, -0.2) is 34.4 Å². The van der Waals surface area contributed by atoms with Gasteiger partial charge in [0.2, 0.25) is 0 Å². The molecule has 2 aromatic carbocycles. The number of amides is 2. The molecule has 0 aliphatic heterocycles. The van der Waals surface area contributed by atoms with E-state index in [0.29, 0.717) is 11.4 Å². The number of H-pyrrole nitrogens is 2. The fourth-order valence-electron chi connectivity index (χ4n) is 4.26. The van der Waals surface area contributed by atoms with Crippen LogP contribution in [0.2, 0.25) is 0 Å². The maximum atomic E-state index is 12.9. The smallest absolute Gasteiger partial charge is 0.261 e. The molecule has 4 N–H and O–H groups in total. The van der Waals surface area contributed by atoms with Crippen LogP contribution in [0.5, 0.6) is 0 Å². The molecule has 0 saturated heterocycles. The molecule has 2 amide bonds. The molecule has 1 aliphatic rings. The van der Waals surface area contributed by atoms with E-state index in [1.54, 1.807) is 12.1 Å². The van der Waals surface area contributed by atoms with Crippen molar-refractivity contribution in [2.45, 2.75) is 18.9 Å². The van der Waals surface area contributed by atoms with Crippen LogP contribution in [0.25, 0.3) is 22.5 Å². The Morgan fingerprint density at radius 1 is 0.703 bits per heavy atom. The van der Waals surface area contributed by atoms with Gasteiger partial charge in [-0.05, 0) is 54.2 Å². The molecular formula is C29H26N4O4.